The molecule has 1 amide bonds. The fourth-order valence-electron chi connectivity index (χ4n) is 4.11. The molecule has 2 aliphatic rings. The van der Waals surface area contributed by atoms with Gasteiger partial charge in [0, 0.05) is 5.92 Å². The molecule has 3 aromatic rings. The lowest BCUT2D eigenvalue weighted by Crippen LogP contribution is -2.43. The highest BCUT2D eigenvalue weighted by Gasteiger charge is 2.44. The molecule has 2 aromatic carbocycles. The summed E-state index contributed by atoms with van der Waals surface area (Å²) in [5, 5.41) is 4.50. The van der Waals surface area contributed by atoms with Crippen molar-refractivity contribution in [2.45, 2.75) is 45.2 Å². The molecule has 1 aliphatic carbocycles. The summed E-state index contributed by atoms with van der Waals surface area (Å²) in [5.74, 6) is 0.982. The first-order valence-electron chi connectivity index (χ1n) is 9.97. The number of anilines is 1. The molecule has 2 heterocycles. The quantitative estimate of drug-likeness (QED) is 0.686. The number of aryl methyl sites for hydroxylation is 2. The van der Waals surface area contributed by atoms with Crippen LogP contribution in [-0.2, 0) is 4.79 Å². The first kappa shape index (κ1) is 17.2. The van der Waals surface area contributed by atoms with Gasteiger partial charge in [-0.1, -0.05) is 59.7 Å². The summed E-state index contributed by atoms with van der Waals surface area (Å²) in [6, 6.07) is 17.2. The van der Waals surface area contributed by atoms with Crippen molar-refractivity contribution >= 4 is 11.9 Å². The third kappa shape index (κ3) is 2.91. The Bertz CT molecular complexity index is 1000. The van der Waals surface area contributed by atoms with Crippen LogP contribution in [0.2, 0.25) is 0 Å². The summed E-state index contributed by atoms with van der Waals surface area (Å²) in [5.41, 5.74) is 4.82. The van der Waals surface area contributed by atoms with E-state index in [1.807, 2.05) is 9.58 Å². The Morgan fingerprint density at radius 3 is 2.04 bits per heavy atom. The lowest BCUT2D eigenvalue weighted by atomic mass is 9.91. The molecule has 2 atom stereocenters. The Kier molecular flexibility index (Phi) is 4.04. The third-order valence-electron chi connectivity index (χ3n) is 5.91. The topological polar surface area (TPSA) is 51.0 Å². The predicted octanol–water partition coefficient (Wildman–Crippen LogP) is 4.37. The van der Waals surface area contributed by atoms with Gasteiger partial charge in [0.25, 0.3) is 0 Å². The predicted molar refractivity (Wildman–Crippen MR) is 108 cm³/mol. The van der Waals surface area contributed by atoms with Crippen molar-refractivity contribution < 1.29 is 4.79 Å². The Morgan fingerprint density at radius 1 is 0.893 bits per heavy atom. The maximum Gasteiger partial charge on any atom is 0.233 e. The number of carbonyl (C=O) groups is 1. The SMILES string of the molecule is Cc1ccc([C@H]2C[C@@H](c3ccc(C)cc3)N(C(=O)C3CC3)c3ncnn32)cc1. The van der Waals surface area contributed by atoms with Gasteiger partial charge in [0.05, 0.1) is 12.1 Å². The van der Waals surface area contributed by atoms with Crippen molar-refractivity contribution in [1.82, 2.24) is 14.8 Å². The monoisotopic (exact) mass is 372 g/mol. The molecule has 1 fully saturated rings. The molecule has 1 saturated carbocycles. The first-order valence-corrected chi connectivity index (χ1v) is 9.97. The highest BCUT2D eigenvalue weighted by atomic mass is 16.2. The fourth-order valence-corrected chi connectivity index (χ4v) is 4.11. The van der Waals surface area contributed by atoms with Crippen LogP contribution in [0.3, 0.4) is 0 Å². The van der Waals surface area contributed by atoms with Crippen LogP contribution in [0, 0.1) is 19.8 Å². The van der Waals surface area contributed by atoms with Crippen LogP contribution in [-0.4, -0.2) is 20.7 Å². The second-order valence-corrected chi connectivity index (χ2v) is 8.08. The van der Waals surface area contributed by atoms with Gasteiger partial charge < -0.3 is 0 Å². The third-order valence-corrected chi connectivity index (χ3v) is 5.91. The number of aromatic nitrogens is 3. The van der Waals surface area contributed by atoms with Gasteiger partial charge in [0.2, 0.25) is 11.9 Å². The standard InChI is InChI=1S/C23H24N4O/c1-15-3-7-17(8-4-15)20-13-21(18-9-5-16(2)6-10-18)27-23(24-14-25-27)26(20)22(28)19-11-12-19/h3-10,14,19-21H,11-13H2,1-2H3/t20-,21+/m0/s1. The number of benzene rings is 2. The fraction of sp³-hybridized carbons (Fsp3) is 0.348. The van der Waals surface area contributed by atoms with E-state index in [9.17, 15) is 4.79 Å². The average Bonchev–Trinajstić information content (AvgIpc) is 3.44. The molecule has 0 saturated heterocycles. The number of fused-ring (bicyclic) bond motifs is 1. The minimum atomic E-state index is -0.0308. The summed E-state index contributed by atoms with van der Waals surface area (Å²) < 4.78 is 1.93. The molecule has 0 bridgehead atoms. The Balaban J connectivity index is 1.62. The number of nitrogens with zero attached hydrogens (tertiary/aromatic N) is 4. The Morgan fingerprint density at radius 2 is 1.46 bits per heavy atom. The van der Waals surface area contributed by atoms with Gasteiger partial charge in [-0.25, -0.2) is 4.68 Å². The van der Waals surface area contributed by atoms with Crippen LogP contribution < -0.4 is 4.90 Å². The summed E-state index contributed by atoms with van der Waals surface area (Å²) in [7, 11) is 0. The molecule has 5 heteroatoms. The zero-order chi connectivity index (χ0) is 19.3. The van der Waals surface area contributed by atoms with Gasteiger partial charge in [0.1, 0.15) is 6.33 Å². The van der Waals surface area contributed by atoms with Crippen LogP contribution in [0.5, 0.6) is 0 Å². The number of amides is 1. The van der Waals surface area contributed by atoms with E-state index in [4.69, 9.17) is 0 Å². The van der Waals surface area contributed by atoms with Crippen molar-refractivity contribution in [1.29, 1.82) is 0 Å². The molecule has 5 nitrogen and oxygen atoms in total. The molecule has 0 spiro atoms. The van der Waals surface area contributed by atoms with Crippen LogP contribution in [0.15, 0.2) is 54.9 Å². The lowest BCUT2D eigenvalue weighted by Gasteiger charge is -2.39. The van der Waals surface area contributed by atoms with Crippen molar-refractivity contribution in [3.63, 3.8) is 0 Å². The smallest absolute Gasteiger partial charge is 0.233 e. The molecule has 0 radical (unpaired) electrons. The molecular weight excluding hydrogens is 348 g/mol. The van der Waals surface area contributed by atoms with E-state index in [0.29, 0.717) is 5.95 Å². The highest BCUT2D eigenvalue weighted by Crippen LogP contribution is 2.44. The molecule has 0 N–H and O–H groups in total. The molecule has 142 valence electrons. The van der Waals surface area contributed by atoms with Crippen molar-refractivity contribution in [2.24, 2.45) is 5.92 Å². The highest BCUT2D eigenvalue weighted by molar-refractivity contribution is 5.96. The minimum absolute atomic E-state index is 0.0308. The van der Waals surface area contributed by atoms with E-state index in [1.165, 1.54) is 16.7 Å². The second-order valence-electron chi connectivity index (χ2n) is 8.08. The van der Waals surface area contributed by atoms with Gasteiger partial charge in [0.15, 0.2) is 0 Å². The summed E-state index contributed by atoms with van der Waals surface area (Å²) in [6.07, 6.45) is 4.32. The number of rotatable bonds is 3. The molecule has 5 rings (SSSR count). The Hall–Kier alpha value is -2.95. The maximum atomic E-state index is 13.2. The van der Waals surface area contributed by atoms with Crippen LogP contribution in [0.1, 0.15) is 53.6 Å². The largest absolute Gasteiger partial charge is 0.274 e. The summed E-state index contributed by atoms with van der Waals surface area (Å²) in [4.78, 5) is 19.6. The molecule has 28 heavy (non-hydrogen) atoms. The minimum Gasteiger partial charge on any atom is -0.274 e. The summed E-state index contributed by atoms with van der Waals surface area (Å²) in [6.45, 7) is 4.18. The van der Waals surface area contributed by atoms with Gasteiger partial charge in [-0.05, 0) is 44.2 Å². The van der Waals surface area contributed by atoms with Crippen LogP contribution in [0.4, 0.5) is 5.95 Å². The number of carbonyl (C=O) groups excluding carboxylic acids is 1. The van der Waals surface area contributed by atoms with Gasteiger partial charge in [-0.3, -0.25) is 9.69 Å². The molecule has 0 unspecified atom stereocenters. The lowest BCUT2D eigenvalue weighted by molar-refractivity contribution is -0.120. The van der Waals surface area contributed by atoms with Gasteiger partial charge in [-0.15, -0.1) is 0 Å². The second kappa shape index (κ2) is 6.59. The van der Waals surface area contributed by atoms with E-state index in [2.05, 4.69) is 72.5 Å². The van der Waals surface area contributed by atoms with Crippen LogP contribution in [0.25, 0.3) is 0 Å². The van der Waals surface area contributed by atoms with Gasteiger partial charge in [-0.2, -0.15) is 10.1 Å². The van der Waals surface area contributed by atoms with Crippen molar-refractivity contribution in [3.8, 4) is 0 Å². The molecule has 1 aromatic heterocycles. The van der Waals surface area contributed by atoms with E-state index < -0.39 is 0 Å². The summed E-state index contributed by atoms with van der Waals surface area (Å²) >= 11 is 0. The first-order chi connectivity index (χ1) is 13.6. The van der Waals surface area contributed by atoms with Crippen molar-refractivity contribution in [3.05, 3.63) is 77.1 Å². The van der Waals surface area contributed by atoms with E-state index in [1.54, 1.807) is 6.33 Å². The molecule has 1 aliphatic heterocycles. The van der Waals surface area contributed by atoms with E-state index in [0.717, 1.165) is 24.8 Å². The van der Waals surface area contributed by atoms with E-state index in [-0.39, 0.29) is 23.9 Å². The Labute approximate surface area is 165 Å². The normalized spacial score (nSPS) is 21.4. The maximum absolute atomic E-state index is 13.2. The number of hydrogen-bond donors (Lipinski definition) is 0. The molecular formula is C23H24N4O. The zero-order valence-electron chi connectivity index (χ0n) is 16.2. The van der Waals surface area contributed by atoms with Gasteiger partial charge >= 0.3 is 0 Å². The zero-order valence-corrected chi connectivity index (χ0v) is 16.2. The van der Waals surface area contributed by atoms with Crippen LogP contribution >= 0.6 is 0 Å². The van der Waals surface area contributed by atoms with Crippen molar-refractivity contribution in [2.75, 3.05) is 4.90 Å². The van der Waals surface area contributed by atoms with E-state index >= 15 is 0 Å². The number of hydrogen-bond acceptors (Lipinski definition) is 3. The average molecular weight is 372 g/mol.